The van der Waals surface area contributed by atoms with Crippen molar-refractivity contribution in [2.45, 2.75) is 39.7 Å². The number of tetrazole rings is 1. The van der Waals surface area contributed by atoms with Gasteiger partial charge in [-0.1, -0.05) is 25.5 Å². The van der Waals surface area contributed by atoms with Crippen LogP contribution in [0.4, 0.5) is 5.69 Å². The van der Waals surface area contributed by atoms with Gasteiger partial charge in [-0.3, -0.25) is 0 Å². The van der Waals surface area contributed by atoms with Crippen molar-refractivity contribution in [1.29, 1.82) is 0 Å². The average Bonchev–Trinajstić information content (AvgIpc) is 2.79. The third-order valence-electron chi connectivity index (χ3n) is 4.24. The topological polar surface area (TPSA) is 69.6 Å². The molecule has 2 aromatic rings. The van der Waals surface area contributed by atoms with Crippen LogP contribution in [0.15, 0.2) is 18.2 Å². The summed E-state index contributed by atoms with van der Waals surface area (Å²) in [6.07, 6.45) is 3.82. The fourth-order valence-electron chi connectivity index (χ4n) is 2.70. The summed E-state index contributed by atoms with van der Waals surface area (Å²) in [6, 6.07) is 5.87. The summed E-state index contributed by atoms with van der Waals surface area (Å²) in [7, 11) is 0. The lowest BCUT2D eigenvalue weighted by atomic mass is 9.70. The zero-order valence-electron chi connectivity index (χ0n) is 11.4. The molecule has 1 saturated carbocycles. The Kier molecular flexibility index (Phi) is 2.77. The molecule has 0 spiro atoms. The molecule has 1 aliphatic carbocycles. The van der Waals surface area contributed by atoms with Crippen molar-refractivity contribution in [1.82, 2.24) is 20.2 Å². The van der Waals surface area contributed by atoms with Gasteiger partial charge in [0.1, 0.15) is 0 Å². The molecule has 0 atom stereocenters. The maximum absolute atomic E-state index is 5.96. The smallest absolute Gasteiger partial charge is 0.182 e. The van der Waals surface area contributed by atoms with Gasteiger partial charge < -0.3 is 5.73 Å². The fraction of sp³-hybridized carbons (Fsp3) is 0.500. The Morgan fingerprint density at radius 2 is 2.16 bits per heavy atom. The fourth-order valence-corrected chi connectivity index (χ4v) is 2.70. The lowest BCUT2D eigenvalue weighted by Gasteiger charge is -2.38. The highest BCUT2D eigenvalue weighted by Crippen LogP contribution is 2.42. The third-order valence-corrected chi connectivity index (χ3v) is 4.24. The lowest BCUT2D eigenvalue weighted by Crippen LogP contribution is -2.31. The molecule has 100 valence electrons. The maximum atomic E-state index is 5.96. The number of aromatic nitrogens is 4. The number of nitrogens with two attached hydrogens (primary N) is 1. The Morgan fingerprint density at radius 1 is 1.37 bits per heavy atom. The first-order valence-corrected chi connectivity index (χ1v) is 6.71. The third kappa shape index (κ3) is 2.09. The van der Waals surface area contributed by atoms with Crippen LogP contribution in [0, 0.1) is 12.3 Å². The molecule has 0 bridgehead atoms. The monoisotopic (exact) mass is 257 g/mol. The Hall–Kier alpha value is -1.91. The quantitative estimate of drug-likeness (QED) is 0.857. The molecule has 1 heterocycles. The van der Waals surface area contributed by atoms with E-state index < -0.39 is 0 Å². The van der Waals surface area contributed by atoms with E-state index in [-0.39, 0.29) is 0 Å². The Balaban J connectivity index is 1.97. The molecule has 0 aliphatic heterocycles. The van der Waals surface area contributed by atoms with Gasteiger partial charge in [-0.05, 0) is 47.2 Å². The molecule has 19 heavy (non-hydrogen) atoms. The number of hydrogen-bond donors (Lipinski definition) is 1. The number of hydrogen-bond acceptors (Lipinski definition) is 4. The molecule has 5 nitrogen and oxygen atoms in total. The van der Waals surface area contributed by atoms with Crippen molar-refractivity contribution in [2.75, 3.05) is 5.73 Å². The van der Waals surface area contributed by atoms with Crippen molar-refractivity contribution in [2.24, 2.45) is 5.41 Å². The van der Waals surface area contributed by atoms with Crippen molar-refractivity contribution in [3.8, 4) is 11.4 Å². The molecule has 1 aromatic carbocycles. The van der Waals surface area contributed by atoms with Crippen LogP contribution in [0.25, 0.3) is 11.4 Å². The molecule has 1 aromatic heterocycles. The zero-order chi connectivity index (χ0) is 13.5. The number of anilines is 1. The van der Waals surface area contributed by atoms with Crippen molar-refractivity contribution < 1.29 is 0 Å². The van der Waals surface area contributed by atoms with Gasteiger partial charge in [-0.15, -0.1) is 5.10 Å². The minimum absolute atomic E-state index is 0.346. The van der Waals surface area contributed by atoms with E-state index in [2.05, 4.69) is 22.4 Å². The maximum Gasteiger partial charge on any atom is 0.182 e. The predicted octanol–water partition coefficient (Wildman–Crippen LogP) is 2.42. The van der Waals surface area contributed by atoms with Crippen LogP contribution in [0.5, 0.6) is 0 Å². The van der Waals surface area contributed by atoms with E-state index in [0.29, 0.717) is 5.41 Å². The van der Waals surface area contributed by atoms with Crippen LogP contribution in [0.1, 0.15) is 31.7 Å². The van der Waals surface area contributed by atoms with Crippen LogP contribution in [0.3, 0.4) is 0 Å². The SMILES string of the molecule is Cc1c(N)cccc1-c1nnnn1CC1(C)CCC1. The molecule has 0 amide bonds. The Labute approximate surface area is 112 Å². The van der Waals surface area contributed by atoms with E-state index in [4.69, 9.17) is 5.73 Å². The van der Waals surface area contributed by atoms with E-state index in [1.165, 1.54) is 19.3 Å². The number of rotatable bonds is 3. The minimum Gasteiger partial charge on any atom is -0.398 e. The first kappa shape index (κ1) is 12.1. The molecule has 3 rings (SSSR count). The van der Waals surface area contributed by atoms with Crippen LogP contribution in [-0.2, 0) is 6.54 Å². The highest BCUT2D eigenvalue weighted by Gasteiger charge is 2.33. The van der Waals surface area contributed by atoms with E-state index in [1.807, 2.05) is 29.8 Å². The van der Waals surface area contributed by atoms with Crippen LogP contribution in [0.2, 0.25) is 0 Å². The van der Waals surface area contributed by atoms with Gasteiger partial charge >= 0.3 is 0 Å². The van der Waals surface area contributed by atoms with Crippen molar-refractivity contribution in [3.05, 3.63) is 23.8 Å². The zero-order valence-corrected chi connectivity index (χ0v) is 11.4. The standard InChI is InChI=1S/C14H19N5/c1-10-11(5-3-6-12(10)15)13-16-17-18-19(13)9-14(2)7-4-8-14/h3,5-6H,4,7-9,15H2,1-2H3. The lowest BCUT2D eigenvalue weighted by molar-refractivity contribution is 0.126. The summed E-state index contributed by atoms with van der Waals surface area (Å²) in [6.45, 7) is 5.19. The molecule has 1 aliphatic rings. The molecule has 0 saturated heterocycles. The number of nitrogen functional groups attached to an aromatic ring is 1. The van der Waals surface area contributed by atoms with E-state index in [9.17, 15) is 0 Å². The second-order valence-electron chi connectivity index (χ2n) is 5.84. The highest BCUT2D eigenvalue weighted by molar-refractivity contribution is 5.67. The molecular formula is C14H19N5. The number of nitrogens with zero attached hydrogens (tertiary/aromatic N) is 4. The van der Waals surface area contributed by atoms with Crippen LogP contribution < -0.4 is 5.73 Å². The Bertz CT molecular complexity index is 598. The van der Waals surface area contributed by atoms with Crippen molar-refractivity contribution >= 4 is 5.69 Å². The first-order valence-electron chi connectivity index (χ1n) is 6.71. The molecular weight excluding hydrogens is 238 g/mol. The minimum atomic E-state index is 0.346. The second kappa shape index (κ2) is 4.33. The average molecular weight is 257 g/mol. The van der Waals surface area contributed by atoms with Gasteiger partial charge in [0.05, 0.1) is 6.54 Å². The van der Waals surface area contributed by atoms with Gasteiger partial charge in [0.2, 0.25) is 0 Å². The van der Waals surface area contributed by atoms with Crippen molar-refractivity contribution in [3.63, 3.8) is 0 Å². The van der Waals surface area contributed by atoms with E-state index >= 15 is 0 Å². The summed E-state index contributed by atoms with van der Waals surface area (Å²) in [5.74, 6) is 0.818. The van der Waals surface area contributed by atoms with Gasteiger partial charge in [-0.25, -0.2) is 4.68 Å². The molecule has 2 N–H and O–H groups in total. The van der Waals surface area contributed by atoms with Gasteiger partial charge in [-0.2, -0.15) is 0 Å². The molecule has 5 heteroatoms. The molecule has 0 radical (unpaired) electrons. The summed E-state index contributed by atoms with van der Waals surface area (Å²) < 4.78 is 1.92. The van der Waals surface area contributed by atoms with Crippen LogP contribution >= 0.6 is 0 Å². The first-order chi connectivity index (χ1) is 9.09. The highest BCUT2D eigenvalue weighted by atomic mass is 15.5. The van der Waals surface area contributed by atoms with E-state index in [0.717, 1.165) is 29.2 Å². The largest absolute Gasteiger partial charge is 0.398 e. The molecule has 0 unspecified atom stereocenters. The summed E-state index contributed by atoms with van der Waals surface area (Å²) in [5.41, 5.74) is 9.15. The second-order valence-corrected chi connectivity index (χ2v) is 5.84. The summed E-state index contributed by atoms with van der Waals surface area (Å²) >= 11 is 0. The van der Waals surface area contributed by atoms with Gasteiger partial charge in [0.15, 0.2) is 5.82 Å². The Morgan fingerprint density at radius 3 is 2.84 bits per heavy atom. The number of benzene rings is 1. The van der Waals surface area contributed by atoms with Gasteiger partial charge in [0, 0.05) is 11.3 Å². The normalized spacial score (nSPS) is 17.2. The summed E-state index contributed by atoms with van der Waals surface area (Å²) in [5, 5.41) is 12.2. The van der Waals surface area contributed by atoms with Crippen LogP contribution in [-0.4, -0.2) is 20.2 Å². The predicted molar refractivity (Wildman–Crippen MR) is 74.4 cm³/mol. The van der Waals surface area contributed by atoms with Gasteiger partial charge in [0.25, 0.3) is 0 Å². The summed E-state index contributed by atoms with van der Waals surface area (Å²) in [4.78, 5) is 0. The van der Waals surface area contributed by atoms with E-state index in [1.54, 1.807) is 0 Å². The molecule has 1 fully saturated rings.